The van der Waals surface area contributed by atoms with E-state index in [1.807, 2.05) is 77.3 Å². The summed E-state index contributed by atoms with van der Waals surface area (Å²) >= 11 is 0. The third-order valence-electron chi connectivity index (χ3n) is 4.58. The van der Waals surface area contributed by atoms with E-state index in [2.05, 4.69) is 20.8 Å². The Hall–Kier alpha value is -3.71. The van der Waals surface area contributed by atoms with Crippen LogP contribution in [0.25, 0.3) is 5.65 Å². The van der Waals surface area contributed by atoms with Crippen LogP contribution in [-0.2, 0) is 11.3 Å². The minimum Gasteiger partial charge on any atom is -0.497 e. The summed E-state index contributed by atoms with van der Waals surface area (Å²) < 4.78 is 7.13. The molecule has 0 aliphatic carbocycles. The van der Waals surface area contributed by atoms with Gasteiger partial charge in [-0.2, -0.15) is 0 Å². The van der Waals surface area contributed by atoms with Crippen molar-refractivity contribution in [2.75, 3.05) is 12.4 Å². The van der Waals surface area contributed by atoms with Crippen molar-refractivity contribution in [3.8, 4) is 5.75 Å². The largest absolute Gasteiger partial charge is 0.497 e. The molecule has 29 heavy (non-hydrogen) atoms. The number of amides is 1. The van der Waals surface area contributed by atoms with Crippen LogP contribution in [0.1, 0.15) is 17.4 Å². The predicted octanol–water partition coefficient (Wildman–Crippen LogP) is 3.21. The number of rotatable bonds is 7. The maximum atomic E-state index is 13.1. The second-order valence-corrected chi connectivity index (χ2v) is 6.49. The highest BCUT2D eigenvalue weighted by molar-refractivity contribution is 5.95. The first-order chi connectivity index (χ1) is 14.2. The molecule has 0 radical (unpaired) electrons. The fraction of sp³-hybridized carbons (Fsp3) is 0.136. The Labute approximate surface area is 168 Å². The number of ether oxygens (including phenoxy) is 1. The zero-order valence-corrected chi connectivity index (χ0v) is 15.9. The summed E-state index contributed by atoms with van der Waals surface area (Å²) in [5.74, 6) is 1.25. The number of methoxy groups -OCH3 is 1. The smallest absolute Gasteiger partial charge is 0.246 e. The Bertz CT molecular complexity index is 1110. The average molecular weight is 387 g/mol. The highest BCUT2D eigenvalue weighted by atomic mass is 16.5. The lowest BCUT2D eigenvalue weighted by molar-refractivity contribution is -0.118. The number of carbonyl (C=O) groups excluding carboxylic acids is 1. The van der Waals surface area contributed by atoms with E-state index in [4.69, 9.17) is 4.74 Å². The lowest BCUT2D eigenvalue weighted by Crippen LogP contribution is -2.33. The molecule has 146 valence electrons. The van der Waals surface area contributed by atoms with Gasteiger partial charge in [-0.25, -0.2) is 0 Å². The van der Waals surface area contributed by atoms with E-state index in [1.165, 1.54) is 0 Å². The van der Waals surface area contributed by atoms with Crippen molar-refractivity contribution in [1.82, 2.24) is 19.9 Å². The lowest BCUT2D eigenvalue weighted by Gasteiger charge is -2.19. The second kappa shape index (κ2) is 8.53. The van der Waals surface area contributed by atoms with Gasteiger partial charge in [-0.1, -0.05) is 42.5 Å². The molecule has 4 rings (SSSR count). The minimum absolute atomic E-state index is 0.168. The Morgan fingerprint density at radius 3 is 2.69 bits per heavy atom. The normalized spacial score (nSPS) is 11.9. The summed E-state index contributed by atoms with van der Waals surface area (Å²) in [7, 11) is 1.60. The number of pyridine rings is 1. The van der Waals surface area contributed by atoms with Crippen molar-refractivity contribution in [3.05, 3.63) is 90.4 Å². The zero-order chi connectivity index (χ0) is 20.1. The predicted molar refractivity (Wildman–Crippen MR) is 111 cm³/mol. The van der Waals surface area contributed by atoms with Gasteiger partial charge in [-0.3, -0.25) is 14.5 Å². The summed E-state index contributed by atoms with van der Waals surface area (Å²) in [6.45, 7) is 0.385. The number of hydrogen-bond donors (Lipinski definition) is 2. The number of benzene rings is 2. The maximum Gasteiger partial charge on any atom is 0.246 e. The molecule has 0 aliphatic rings. The van der Waals surface area contributed by atoms with Crippen molar-refractivity contribution in [1.29, 1.82) is 0 Å². The quantitative estimate of drug-likeness (QED) is 0.509. The Balaban J connectivity index is 1.55. The van der Waals surface area contributed by atoms with Crippen LogP contribution < -0.4 is 15.4 Å². The Kier molecular flexibility index (Phi) is 5.49. The molecule has 4 aromatic rings. The number of nitrogens with zero attached hydrogens (tertiary/aromatic N) is 3. The molecule has 7 heteroatoms. The summed E-state index contributed by atoms with van der Waals surface area (Å²) in [5, 5.41) is 14.7. The molecule has 0 saturated heterocycles. The number of nitrogens with one attached hydrogen (secondary N) is 2. The van der Waals surface area contributed by atoms with Gasteiger partial charge in [0.25, 0.3) is 0 Å². The topological polar surface area (TPSA) is 80.5 Å². The van der Waals surface area contributed by atoms with Crippen molar-refractivity contribution < 1.29 is 9.53 Å². The van der Waals surface area contributed by atoms with Crippen LogP contribution in [-0.4, -0.2) is 27.6 Å². The van der Waals surface area contributed by atoms with E-state index in [-0.39, 0.29) is 5.91 Å². The molecule has 1 amide bonds. The van der Waals surface area contributed by atoms with Crippen molar-refractivity contribution in [3.63, 3.8) is 0 Å². The van der Waals surface area contributed by atoms with Crippen molar-refractivity contribution in [2.24, 2.45) is 0 Å². The lowest BCUT2D eigenvalue weighted by atomic mass is 10.1. The number of carbonyl (C=O) groups is 1. The van der Waals surface area contributed by atoms with E-state index in [0.717, 1.165) is 17.0 Å². The first-order valence-electron chi connectivity index (χ1n) is 9.26. The van der Waals surface area contributed by atoms with E-state index in [9.17, 15) is 4.79 Å². The van der Waals surface area contributed by atoms with Crippen LogP contribution >= 0.6 is 0 Å². The molecule has 2 aromatic carbocycles. The molecular formula is C22H21N5O2. The number of aromatic nitrogens is 3. The fourth-order valence-corrected chi connectivity index (χ4v) is 3.13. The second-order valence-electron chi connectivity index (χ2n) is 6.49. The van der Waals surface area contributed by atoms with Crippen LogP contribution in [0.5, 0.6) is 5.75 Å². The maximum absolute atomic E-state index is 13.1. The highest BCUT2D eigenvalue weighted by Gasteiger charge is 2.21. The molecule has 7 nitrogen and oxygen atoms in total. The molecule has 2 heterocycles. The van der Waals surface area contributed by atoms with Gasteiger partial charge < -0.3 is 10.1 Å². The molecule has 2 aromatic heterocycles. The summed E-state index contributed by atoms with van der Waals surface area (Å²) in [6.07, 6.45) is 1.90. The van der Waals surface area contributed by atoms with Gasteiger partial charge in [0, 0.05) is 18.0 Å². The molecule has 0 bridgehead atoms. The summed E-state index contributed by atoms with van der Waals surface area (Å²) in [5.41, 5.74) is 2.30. The molecular weight excluding hydrogens is 366 g/mol. The van der Waals surface area contributed by atoms with E-state index < -0.39 is 6.04 Å². The SMILES string of the molecule is COc1cccc(NC(=O)C(NCc2nnc3ccccn23)c2ccccc2)c1. The molecule has 0 spiro atoms. The third-order valence-corrected chi connectivity index (χ3v) is 4.58. The van der Waals surface area contributed by atoms with Crippen molar-refractivity contribution in [2.45, 2.75) is 12.6 Å². The first kappa shape index (κ1) is 18.6. The Morgan fingerprint density at radius 2 is 1.86 bits per heavy atom. The molecule has 0 saturated carbocycles. The van der Waals surface area contributed by atoms with Crippen LogP contribution in [0.4, 0.5) is 5.69 Å². The van der Waals surface area contributed by atoms with Gasteiger partial charge in [-0.05, 0) is 29.8 Å². The number of anilines is 1. The van der Waals surface area contributed by atoms with Crippen LogP contribution in [0.2, 0.25) is 0 Å². The van der Waals surface area contributed by atoms with Gasteiger partial charge in [0.2, 0.25) is 5.91 Å². The van der Waals surface area contributed by atoms with E-state index in [1.54, 1.807) is 13.2 Å². The number of fused-ring (bicyclic) bond motifs is 1. The van der Waals surface area contributed by atoms with E-state index >= 15 is 0 Å². The van der Waals surface area contributed by atoms with E-state index in [0.29, 0.717) is 18.0 Å². The molecule has 1 atom stereocenters. The van der Waals surface area contributed by atoms with Crippen molar-refractivity contribution >= 4 is 17.2 Å². The first-order valence-corrected chi connectivity index (χ1v) is 9.26. The van der Waals surface area contributed by atoms with Crippen LogP contribution in [0.15, 0.2) is 79.0 Å². The third kappa shape index (κ3) is 4.25. The van der Waals surface area contributed by atoms with Crippen LogP contribution in [0.3, 0.4) is 0 Å². The van der Waals surface area contributed by atoms with Gasteiger partial charge in [0.05, 0.1) is 13.7 Å². The molecule has 0 aliphatic heterocycles. The highest BCUT2D eigenvalue weighted by Crippen LogP contribution is 2.20. The fourth-order valence-electron chi connectivity index (χ4n) is 3.13. The number of hydrogen-bond acceptors (Lipinski definition) is 5. The minimum atomic E-state index is -0.557. The van der Waals surface area contributed by atoms with Gasteiger partial charge in [0.1, 0.15) is 11.8 Å². The van der Waals surface area contributed by atoms with Crippen LogP contribution in [0, 0.1) is 0 Å². The van der Waals surface area contributed by atoms with Gasteiger partial charge in [0.15, 0.2) is 11.5 Å². The average Bonchev–Trinajstić information content (AvgIpc) is 3.18. The molecule has 2 N–H and O–H groups in total. The summed E-state index contributed by atoms with van der Waals surface area (Å²) in [6, 6.07) is 22.0. The summed E-state index contributed by atoms with van der Waals surface area (Å²) in [4.78, 5) is 13.1. The monoisotopic (exact) mass is 387 g/mol. The Morgan fingerprint density at radius 1 is 1.03 bits per heavy atom. The van der Waals surface area contributed by atoms with Gasteiger partial charge in [-0.15, -0.1) is 10.2 Å². The molecule has 1 unspecified atom stereocenters. The zero-order valence-electron chi connectivity index (χ0n) is 15.9. The standard InChI is InChI=1S/C22H21N5O2/c1-29-18-11-7-10-17(14-18)24-22(28)21(16-8-3-2-4-9-16)23-15-20-26-25-19-12-5-6-13-27(19)20/h2-14,21,23H,15H2,1H3,(H,24,28). The van der Waals surface area contributed by atoms with Gasteiger partial charge >= 0.3 is 0 Å². The molecule has 0 fully saturated rings.